The SMILES string of the molecule is Cc1noc(C)c1CC(=O)N1CCCC1c1nc2ccccc2c(=O)n1CC(F)(F)F. The Kier molecular flexibility index (Phi) is 5.32. The summed E-state index contributed by atoms with van der Waals surface area (Å²) in [6.45, 7) is 2.35. The number of nitrogens with zero attached hydrogens (tertiary/aromatic N) is 4. The number of benzene rings is 1. The fourth-order valence-electron chi connectivity index (χ4n) is 4.11. The molecule has 1 aromatic carbocycles. The van der Waals surface area contributed by atoms with Gasteiger partial charge in [0.15, 0.2) is 0 Å². The normalized spacial score (nSPS) is 16.9. The number of fused-ring (bicyclic) bond motifs is 1. The standard InChI is InChI=1S/C21H21F3N4O3/c1-12-15(13(2)31-26-12)10-18(29)27-9-5-8-17(27)19-25-16-7-4-3-6-14(16)20(30)28(19)11-21(22,23)24/h3-4,6-7,17H,5,8-11H2,1-2H3. The molecule has 10 heteroatoms. The van der Waals surface area contributed by atoms with Gasteiger partial charge >= 0.3 is 6.18 Å². The molecular formula is C21H21F3N4O3. The molecule has 0 spiro atoms. The van der Waals surface area contributed by atoms with Crippen LogP contribution in [0.3, 0.4) is 0 Å². The van der Waals surface area contributed by atoms with Crippen molar-refractivity contribution in [3.8, 4) is 0 Å². The molecule has 3 heterocycles. The fourth-order valence-corrected chi connectivity index (χ4v) is 4.11. The van der Waals surface area contributed by atoms with Crippen molar-refractivity contribution in [1.29, 1.82) is 0 Å². The van der Waals surface area contributed by atoms with Gasteiger partial charge in [-0.15, -0.1) is 0 Å². The van der Waals surface area contributed by atoms with Crippen LogP contribution in [0.15, 0.2) is 33.6 Å². The summed E-state index contributed by atoms with van der Waals surface area (Å²) in [5.41, 5.74) is 0.808. The van der Waals surface area contributed by atoms with Crippen LogP contribution in [0.25, 0.3) is 10.9 Å². The topological polar surface area (TPSA) is 81.2 Å². The van der Waals surface area contributed by atoms with Crippen LogP contribution < -0.4 is 5.56 Å². The molecule has 1 aliphatic heterocycles. The Labute approximate surface area is 175 Å². The first-order chi connectivity index (χ1) is 14.7. The summed E-state index contributed by atoms with van der Waals surface area (Å²) in [5.74, 6) is 0.225. The number of aryl methyl sites for hydroxylation is 2. The number of hydrogen-bond donors (Lipinski definition) is 0. The van der Waals surface area contributed by atoms with E-state index < -0.39 is 24.3 Å². The summed E-state index contributed by atoms with van der Waals surface area (Å²) in [4.78, 5) is 31.9. The van der Waals surface area contributed by atoms with Gasteiger partial charge in [-0.25, -0.2) is 4.98 Å². The van der Waals surface area contributed by atoms with Crippen LogP contribution in [0.5, 0.6) is 0 Å². The average molecular weight is 434 g/mol. The van der Waals surface area contributed by atoms with Crippen molar-refractivity contribution in [2.45, 2.75) is 51.9 Å². The van der Waals surface area contributed by atoms with E-state index >= 15 is 0 Å². The Morgan fingerprint density at radius 1 is 1.26 bits per heavy atom. The molecule has 1 amide bonds. The molecule has 1 fully saturated rings. The predicted octanol–water partition coefficient (Wildman–Crippen LogP) is 3.47. The van der Waals surface area contributed by atoms with Gasteiger partial charge in [0, 0.05) is 12.1 Å². The summed E-state index contributed by atoms with van der Waals surface area (Å²) >= 11 is 0. The second-order valence-corrected chi connectivity index (χ2v) is 7.72. The van der Waals surface area contributed by atoms with Crippen molar-refractivity contribution < 1.29 is 22.5 Å². The lowest BCUT2D eigenvalue weighted by molar-refractivity contribution is -0.142. The first kappa shape index (κ1) is 21.1. The number of amides is 1. The lowest BCUT2D eigenvalue weighted by atomic mass is 10.1. The number of para-hydroxylation sites is 1. The second kappa shape index (κ2) is 7.82. The number of halogens is 3. The van der Waals surface area contributed by atoms with Crippen LogP contribution in [0.4, 0.5) is 13.2 Å². The van der Waals surface area contributed by atoms with Gasteiger partial charge in [0.2, 0.25) is 5.91 Å². The van der Waals surface area contributed by atoms with Crippen molar-refractivity contribution in [2.75, 3.05) is 6.54 Å². The number of rotatable bonds is 4. The average Bonchev–Trinajstić information content (AvgIpc) is 3.31. The van der Waals surface area contributed by atoms with Crippen LogP contribution in [0, 0.1) is 13.8 Å². The summed E-state index contributed by atoms with van der Waals surface area (Å²) < 4.78 is 45.7. The third kappa shape index (κ3) is 4.06. The van der Waals surface area contributed by atoms with Crippen LogP contribution >= 0.6 is 0 Å². The molecule has 0 aliphatic carbocycles. The summed E-state index contributed by atoms with van der Waals surface area (Å²) in [6.07, 6.45) is -3.55. The molecule has 0 saturated carbocycles. The Bertz CT molecular complexity index is 1180. The third-order valence-corrected chi connectivity index (χ3v) is 5.61. The molecule has 3 aromatic rings. The van der Waals surface area contributed by atoms with E-state index in [1.165, 1.54) is 11.0 Å². The van der Waals surface area contributed by atoms with Gasteiger partial charge in [-0.05, 0) is 38.8 Å². The molecule has 1 atom stereocenters. The van der Waals surface area contributed by atoms with E-state index in [4.69, 9.17) is 4.52 Å². The van der Waals surface area contributed by atoms with Crippen LogP contribution in [-0.2, 0) is 17.8 Å². The second-order valence-electron chi connectivity index (χ2n) is 7.72. The van der Waals surface area contributed by atoms with Crippen molar-refractivity contribution in [2.24, 2.45) is 0 Å². The van der Waals surface area contributed by atoms with Crippen molar-refractivity contribution >= 4 is 16.8 Å². The molecule has 7 nitrogen and oxygen atoms in total. The van der Waals surface area contributed by atoms with Gasteiger partial charge in [0.1, 0.15) is 18.1 Å². The molecule has 1 unspecified atom stereocenters. The van der Waals surface area contributed by atoms with E-state index in [2.05, 4.69) is 10.1 Å². The molecule has 0 bridgehead atoms. The zero-order valence-corrected chi connectivity index (χ0v) is 17.1. The van der Waals surface area contributed by atoms with Crippen LogP contribution in [0.1, 0.15) is 41.7 Å². The Balaban J connectivity index is 1.76. The number of likely N-dealkylation sites (tertiary alicyclic amines) is 1. The molecule has 31 heavy (non-hydrogen) atoms. The first-order valence-electron chi connectivity index (χ1n) is 9.93. The third-order valence-electron chi connectivity index (χ3n) is 5.61. The molecule has 164 valence electrons. The van der Waals surface area contributed by atoms with Gasteiger partial charge < -0.3 is 9.42 Å². The first-order valence-corrected chi connectivity index (χ1v) is 9.93. The Morgan fingerprint density at radius 2 is 2.00 bits per heavy atom. The fraction of sp³-hybridized carbons (Fsp3) is 0.429. The van der Waals surface area contributed by atoms with Crippen molar-refractivity contribution in [3.63, 3.8) is 0 Å². The molecular weight excluding hydrogens is 413 g/mol. The summed E-state index contributed by atoms with van der Waals surface area (Å²) in [7, 11) is 0. The minimum atomic E-state index is -4.60. The summed E-state index contributed by atoms with van der Waals surface area (Å²) in [6, 6.07) is 5.58. The van der Waals surface area contributed by atoms with Crippen molar-refractivity contribution in [1.82, 2.24) is 19.6 Å². The van der Waals surface area contributed by atoms with Crippen LogP contribution in [0.2, 0.25) is 0 Å². The number of aromatic nitrogens is 3. The van der Waals surface area contributed by atoms with Gasteiger partial charge in [0.25, 0.3) is 5.56 Å². The number of carbonyl (C=O) groups excluding carboxylic acids is 1. The van der Waals surface area contributed by atoms with Gasteiger partial charge in [-0.1, -0.05) is 17.3 Å². The molecule has 2 aromatic heterocycles. The highest BCUT2D eigenvalue weighted by Gasteiger charge is 2.37. The number of alkyl halides is 3. The highest BCUT2D eigenvalue weighted by Crippen LogP contribution is 2.33. The zero-order valence-electron chi connectivity index (χ0n) is 17.1. The highest BCUT2D eigenvalue weighted by atomic mass is 19.4. The van der Waals surface area contributed by atoms with Gasteiger partial charge in [-0.3, -0.25) is 14.2 Å². The van der Waals surface area contributed by atoms with Gasteiger partial charge in [-0.2, -0.15) is 13.2 Å². The van der Waals surface area contributed by atoms with E-state index in [1.54, 1.807) is 32.0 Å². The van der Waals surface area contributed by atoms with Crippen molar-refractivity contribution in [3.05, 3.63) is 57.5 Å². The Morgan fingerprint density at radius 3 is 2.68 bits per heavy atom. The maximum absolute atomic E-state index is 13.3. The monoisotopic (exact) mass is 434 g/mol. The number of hydrogen-bond acceptors (Lipinski definition) is 5. The summed E-state index contributed by atoms with van der Waals surface area (Å²) in [5, 5.41) is 3.96. The minimum absolute atomic E-state index is 0.0226. The molecule has 1 saturated heterocycles. The maximum atomic E-state index is 13.3. The minimum Gasteiger partial charge on any atom is -0.361 e. The van der Waals surface area contributed by atoms with E-state index in [9.17, 15) is 22.8 Å². The van der Waals surface area contributed by atoms with Crippen LogP contribution in [-0.4, -0.2) is 38.2 Å². The molecule has 0 radical (unpaired) electrons. The smallest absolute Gasteiger partial charge is 0.361 e. The highest BCUT2D eigenvalue weighted by molar-refractivity contribution is 5.80. The van der Waals surface area contributed by atoms with E-state index in [-0.39, 0.29) is 23.5 Å². The predicted molar refractivity (Wildman–Crippen MR) is 105 cm³/mol. The van der Waals surface area contributed by atoms with E-state index in [0.29, 0.717) is 46.5 Å². The maximum Gasteiger partial charge on any atom is 0.406 e. The zero-order chi connectivity index (χ0) is 22.3. The molecule has 0 N–H and O–H groups in total. The van der Waals surface area contributed by atoms with Gasteiger partial charge in [0.05, 0.1) is 29.1 Å². The Hall–Kier alpha value is -3.17. The number of carbonyl (C=O) groups is 1. The molecule has 1 aliphatic rings. The quantitative estimate of drug-likeness (QED) is 0.628. The largest absolute Gasteiger partial charge is 0.406 e. The lowest BCUT2D eigenvalue weighted by Crippen LogP contribution is -2.38. The molecule has 4 rings (SSSR count). The van der Waals surface area contributed by atoms with E-state index in [0.717, 1.165) is 0 Å². The lowest BCUT2D eigenvalue weighted by Gasteiger charge is -2.27. The van der Waals surface area contributed by atoms with E-state index in [1.807, 2.05) is 0 Å².